The van der Waals surface area contributed by atoms with Crippen LogP contribution in [-0.4, -0.2) is 9.55 Å². The number of nitrogens with zero attached hydrogens (tertiary/aromatic N) is 2. The van der Waals surface area contributed by atoms with Crippen molar-refractivity contribution in [1.82, 2.24) is 9.55 Å². The zero-order chi connectivity index (χ0) is 34.9. The SMILES string of the molecule is C1=CC2C=CC(c3c4ccccc4c(-c4ccc5ccccc5c4)c4cc(-c5ccc6c(c5)c5cnccc5n6-c5ccccc5)ccc34)=CC2C=C1. The molecular formula is C51H34N2. The van der Waals surface area contributed by atoms with Gasteiger partial charge >= 0.3 is 0 Å². The summed E-state index contributed by atoms with van der Waals surface area (Å²) in [7, 11) is 0. The first-order valence-corrected chi connectivity index (χ1v) is 18.5. The van der Waals surface area contributed by atoms with E-state index in [1.165, 1.54) is 76.6 Å². The molecule has 2 unspecified atom stereocenters. The number of benzene rings is 7. The van der Waals surface area contributed by atoms with Crippen LogP contribution in [0.4, 0.5) is 0 Å². The Balaban J connectivity index is 1.18. The van der Waals surface area contributed by atoms with Crippen molar-refractivity contribution in [2.75, 3.05) is 0 Å². The minimum absolute atomic E-state index is 0.354. The Bertz CT molecular complexity index is 3060. The predicted molar refractivity (Wildman–Crippen MR) is 224 cm³/mol. The van der Waals surface area contributed by atoms with E-state index in [4.69, 9.17) is 0 Å². The van der Waals surface area contributed by atoms with E-state index in [1.54, 1.807) is 0 Å². The van der Waals surface area contributed by atoms with Gasteiger partial charge in [-0.2, -0.15) is 0 Å². The van der Waals surface area contributed by atoms with Gasteiger partial charge in [0.05, 0.1) is 11.0 Å². The lowest BCUT2D eigenvalue weighted by Gasteiger charge is -2.25. The lowest BCUT2D eigenvalue weighted by Crippen LogP contribution is -2.11. The first kappa shape index (κ1) is 29.9. The number of aromatic nitrogens is 2. The third-order valence-corrected chi connectivity index (χ3v) is 11.4. The molecule has 2 atom stereocenters. The van der Waals surface area contributed by atoms with Gasteiger partial charge in [0.1, 0.15) is 0 Å². The molecule has 2 nitrogen and oxygen atoms in total. The van der Waals surface area contributed by atoms with Crippen LogP contribution in [0.3, 0.4) is 0 Å². The van der Waals surface area contributed by atoms with Crippen LogP contribution in [-0.2, 0) is 0 Å². The first-order chi connectivity index (χ1) is 26.3. The zero-order valence-corrected chi connectivity index (χ0v) is 29.0. The molecule has 0 fully saturated rings. The molecule has 2 aliphatic carbocycles. The van der Waals surface area contributed by atoms with Gasteiger partial charge in [0.2, 0.25) is 0 Å². The number of pyridine rings is 1. The van der Waals surface area contributed by atoms with E-state index in [2.05, 4.69) is 192 Å². The van der Waals surface area contributed by atoms with Gasteiger partial charge in [0.15, 0.2) is 0 Å². The topological polar surface area (TPSA) is 17.8 Å². The maximum atomic E-state index is 4.56. The molecule has 0 bridgehead atoms. The number of hydrogen-bond donors (Lipinski definition) is 0. The molecule has 0 saturated heterocycles. The molecule has 7 aromatic carbocycles. The van der Waals surface area contributed by atoms with Crippen LogP contribution in [0.15, 0.2) is 194 Å². The van der Waals surface area contributed by atoms with Crippen molar-refractivity contribution in [2.45, 2.75) is 0 Å². The molecule has 248 valence electrons. The minimum atomic E-state index is 0.354. The second kappa shape index (κ2) is 11.9. The smallest absolute Gasteiger partial charge is 0.0571 e. The quantitative estimate of drug-likeness (QED) is 0.170. The molecule has 0 N–H and O–H groups in total. The molecule has 0 spiro atoms. The largest absolute Gasteiger partial charge is 0.309 e. The van der Waals surface area contributed by atoms with E-state index in [0.717, 1.165) is 16.6 Å². The van der Waals surface area contributed by atoms with Crippen LogP contribution < -0.4 is 0 Å². The molecule has 53 heavy (non-hydrogen) atoms. The Hall–Kier alpha value is -6.77. The highest BCUT2D eigenvalue weighted by Gasteiger charge is 2.23. The number of fused-ring (bicyclic) bond motifs is 7. The van der Waals surface area contributed by atoms with E-state index in [0.29, 0.717) is 11.8 Å². The van der Waals surface area contributed by atoms with E-state index in [9.17, 15) is 0 Å². The van der Waals surface area contributed by atoms with Crippen LogP contribution in [0.25, 0.3) is 87.6 Å². The van der Waals surface area contributed by atoms with Crippen LogP contribution in [0, 0.1) is 11.8 Å². The van der Waals surface area contributed by atoms with Crippen molar-refractivity contribution in [3.8, 4) is 27.9 Å². The highest BCUT2D eigenvalue weighted by Crippen LogP contribution is 2.46. The summed E-state index contributed by atoms with van der Waals surface area (Å²) in [5.41, 5.74) is 11.0. The van der Waals surface area contributed by atoms with Crippen LogP contribution >= 0.6 is 0 Å². The fraction of sp³-hybridized carbons (Fsp3) is 0.0392. The fourth-order valence-electron chi connectivity index (χ4n) is 8.87. The van der Waals surface area contributed by atoms with Gasteiger partial charge in [-0.3, -0.25) is 4.98 Å². The molecule has 0 saturated carbocycles. The second-order valence-electron chi connectivity index (χ2n) is 14.3. The third kappa shape index (κ3) is 4.76. The standard InChI is InChI=1S/C51H34N2/c1-2-14-41(15-3-1)53-48-25-23-38(30-45(48)47-32-52-27-26-49(47)53)37-22-24-44-46(31-37)51(40-21-19-34-11-5-7-13-36(34)29-40)43-17-9-8-16-42(43)50(44)39-20-18-33-10-4-6-12-35(33)28-39/h1-33,35H. The van der Waals surface area contributed by atoms with E-state index < -0.39 is 0 Å². The van der Waals surface area contributed by atoms with Gasteiger partial charge in [-0.15, -0.1) is 0 Å². The highest BCUT2D eigenvalue weighted by atomic mass is 15.0. The first-order valence-electron chi connectivity index (χ1n) is 18.5. The lowest BCUT2D eigenvalue weighted by molar-refractivity contribution is 0.663. The second-order valence-corrected chi connectivity index (χ2v) is 14.3. The van der Waals surface area contributed by atoms with Gasteiger partial charge in [-0.25, -0.2) is 0 Å². The number of rotatable bonds is 4. The number of hydrogen-bond acceptors (Lipinski definition) is 1. The molecule has 2 heteroatoms. The predicted octanol–water partition coefficient (Wildman–Crippen LogP) is 13.3. The Morgan fingerprint density at radius 1 is 0.453 bits per heavy atom. The van der Waals surface area contributed by atoms with E-state index in [-0.39, 0.29) is 0 Å². The summed E-state index contributed by atoms with van der Waals surface area (Å²) in [6, 6.07) is 51.4. The zero-order valence-electron chi connectivity index (χ0n) is 29.0. The van der Waals surface area contributed by atoms with E-state index in [1.807, 2.05) is 12.4 Å². The summed E-state index contributed by atoms with van der Waals surface area (Å²) in [5.74, 6) is 0.759. The van der Waals surface area contributed by atoms with Gasteiger partial charge in [0.25, 0.3) is 0 Å². The van der Waals surface area contributed by atoms with Crippen molar-refractivity contribution >= 4 is 59.7 Å². The summed E-state index contributed by atoms with van der Waals surface area (Å²) in [5, 5.41) is 9.93. The lowest BCUT2D eigenvalue weighted by atomic mass is 9.78. The summed E-state index contributed by atoms with van der Waals surface area (Å²) in [4.78, 5) is 4.56. The van der Waals surface area contributed by atoms with Gasteiger partial charge in [-0.05, 0) is 108 Å². The summed E-state index contributed by atoms with van der Waals surface area (Å²) < 4.78 is 2.35. The average Bonchev–Trinajstić information content (AvgIpc) is 3.56. The summed E-state index contributed by atoms with van der Waals surface area (Å²) in [6.45, 7) is 0. The maximum absolute atomic E-state index is 4.56. The Labute approximate surface area is 308 Å². The molecule has 0 radical (unpaired) electrons. The molecular weight excluding hydrogens is 641 g/mol. The van der Waals surface area contributed by atoms with Crippen LogP contribution in [0.1, 0.15) is 5.56 Å². The van der Waals surface area contributed by atoms with Gasteiger partial charge in [-0.1, -0.05) is 140 Å². The molecule has 0 aliphatic heterocycles. The van der Waals surface area contributed by atoms with Crippen molar-refractivity contribution < 1.29 is 0 Å². The molecule has 2 aliphatic rings. The fourth-order valence-corrected chi connectivity index (χ4v) is 8.87. The molecule has 0 amide bonds. The van der Waals surface area contributed by atoms with Gasteiger partial charge in [0, 0.05) is 40.7 Å². The van der Waals surface area contributed by atoms with Crippen molar-refractivity contribution in [3.05, 3.63) is 200 Å². The molecule has 2 heterocycles. The summed E-state index contributed by atoms with van der Waals surface area (Å²) in [6.07, 6.45) is 20.1. The van der Waals surface area contributed by atoms with Crippen molar-refractivity contribution in [3.63, 3.8) is 0 Å². The Morgan fingerprint density at radius 3 is 2.00 bits per heavy atom. The van der Waals surface area contributed by atoms with Crippen molar-refractivity contribution in [1.29, 1.82) is 0 Å². The van der Waals surface area contributed by atoms with Crippen molar-refractivity contribution in [2.24, 2.45) is 11.8 Å². The monoisotopic (exact) mass is 674 g/mol. The molecule has 2 aromatic heterocycles. The normalized spacial score (nSPS) is 16.6. The van der Waals surface area contributed by atoms with E-state index >= 15 is 0 Å². The maximum Gasteiger partial charge on any atom is 0.0571 e. The Morgan fingerprint density at radius 2 is 1.13 bits per heavy atom. The van der Waals surface area contributed by atoms with Crippen LogP contribution in [0.2, 0.25) is 0 Å². The van der Waals surface area contributed by atoms with Crippen LogP contribution in [0.5, 0.6) is 0 Å². The third-order valence-electron chi connectivity index (χ3n) is 11.4. The Kier molecular flexibility index (Phi) is 6.72. The molecule has 9 aromatic rings. The van der Waals surface area contributed by atoms with Gasteiger partial charge < -0.3 is 4.57 Å². The number of para-hydroxylation sites is 1. The summed E-state index contributed by atoms with van der Waals surface area (Å²) >= 11 is 0. The highest BCUT2D eigenvalue weighted by molar-refractivity contribution is 6.21. The number of allylic oxidation sites excluding steroid dienone is 8. The molecule has 11 rings (SSSR count). The average molecular weight is 675 g/mol. The minimum Gasteiger partial charge on any atom is -0.309 e.